The van der Waals surface area contributed by atoms with Gasteiger partial charge >= 0.3 is 0 Å². The first-order valence-corrected chi connectivity index (χ1v) is 10.1. The zero-order chi connectivity index (χ0) is 15.0. The molecule has 2 aromatic rings. The van der Waals surface area contributed by atoms with Gasteiger partial charge in [-0.1, -0.05) is 56.7 Å². The Labute approximate surface area is 130 Å². The highest BCUT2D eigenvalue weighted by Gasteiger charge is 2.41. The summed E-state index contributed by atoms with van der Waals surface area (Å²) in [4.78, 5) is 0. The first-order valence-electron chi connectivity index (χ1n) is 8.08. The van der Waals surface area contributed by atoms with Crippen molar-refractivity contribution in [2.45, 2.75) is 33.1 Å². The molecular weight excluding hydrogens is 273 g/mol. The zero-order valence-corrected chi connectivity index (χ0v) is 14.2. The van der Waals surface area contributed by atoms with Crippen LogP contribution in [0.15, 0.2) is 60.7 Å². The predicted octanol–water partition coefficient (Wildman–Crippen LogP) is 4.37. The molecule has 0 amide bonds. The fourth-order valence-electron chi connectivity index (χ4n) is 2.82. The van der Waals surface area contributed by atoms with Gasteiger partial charge in [-0.3, -0.25) is 0 Å². The van der Waals surface area contributed by atoms with Crippen molar-refractivity contribution in [2.24, 2.45) is 0 Å². The largest absolute Gasteiger partial charge is 0.183 e. The molecule has 0 bridgehead atoms. The van der Waals surface area contributed by atoms with E-state index in [1.807, 2.05) is 0 Å². The Hall–Kier alpha value is -1.17. The second-order valence-electron chi connectivity index (χ2n) is 5.47. The minimum atomic E-state index is -1.48. The molecule has 0 atom stereocenters. The quantitative estimate of drug-likeness (QED) is 0.564. The summed E-state index contributed by atoms with van der Waals surface area (Å²) in [7, 11) is -1.48. The van der Waals surface area contributed by atoms with Crippen molar-refractivity contribution in [2.75, 3.05) is 12.7 Å². The third kappa shape index (κ3) is 3.93. The normalized spacial score (nSPS) is 11.5. The van der Waals surface area contributed by atoms with E-state index in [-0.39, 0.29) is 0 Å². The molecule has 0 aromatic heterocycles. The van der Waals surface area contributed by atoms with E-state index in [2.05, 4.69) is 79.6 Å². The Kier molecular flexibility index (Phi) is 6.42. The van der Waals surface area contributed by atoms with Crippen LogP contribution in [-0.2, 0) is 0 Å². The van der Waals surface area contributed by atoms with Crippen molar-refractivity contribution in [3.8, 4) is 0 Å². The minimum Gasteiger partial charge on any atom is -0.183 e. The summed E-state index contributed by atoms with van der Waals surface area (Å²) in [6.07, 6.45) is 4.91. The fraction of sp³-hybridized carbons (Fsp3) is 0.368. The van der Waals surface area contributed by atoms with Gasteiger partial charge in [-0.25, -0.2) is 0 Å². The van der Waals surface area contributed by atoms with Gasteiger partial charge in [-0.2, -0.15) is 5.09 Å². The Morgan fingerprint density at radius 1 is 0.762 bits per heavy atom. The molecular formula is C19H27NP+. The summed E-state index contributed by atoms with van der Waals surface area (Å²) in [5.74, 6) is 0. The lowest BCUT2D eigenvalue weighted by Crippen LogP contribution is -2.36. The molecule has 0 saturated carbocycles. The topological polar surface area (TPSA) is 12.0 Å². The van der Waals surface area contributed by atoms with Crippen LogP contribution in [0.25, 0.3) is 0 Å². The van der Waals surface area contributed by atoms with Crippen molar-refractivity contribution in [3.63, 3.8) is 0 Å². The molecule has 21 heavy (non-hydrogen) atoms. The molecule has 0 aliphatic rings. The summed E-state index contributed by atoms with van der Waals surface area (Å²) in [6.45, 7) is 5.66. The summed E-state index contributed by atoms with van der Waals surface area (Å²) in [5.41, 5.74) is 0. The second kappa shape index (κ2) is 8.32. The van der Waals surface area contributed by atoms with Crippen LogP contribution in [0.4, 0.5) is 0 Å². The number of benzene rings is 2. The van der Waals surface area contributed by atoms with Crippen LogP contribution < -0.4 is 15.7 Å². The van der Waals surface area contributed by atoms with Crippen molar-refractivity contribution >= 4 is 18.0 Å². The Morgan fingerprint density at radius 3 is 1.71 bits per heavy atom. The van der Waals surface area contributed by atoms with E-state index in [1.165, 1.54) is 36.0 Å². The molecule has 2 heteroatoms. The van der Waals surface area contributed by atoms with E-state index >= 15 is 0 Å². The lowest BCUT2D eigenvalue weighted by Gasteiger charge is -2.27. The summed E-state index contributed by atoms with van der Waals surface area (Å²) >= 11 is 0. The van der Waals surface area contributed by atoms with Crippen molar-refractivity contribution in [3.05, 3.63) is 60.7 Å². The maximum Gasteiger partial charge on any atom is 0.145 e. The van der Waals surface area contributed by atoms with Crippen LogP contribution in [0, 0.1) is 0 Å². The van der Waals surface area contributed by atoms with Crippen LogP contribution in [0.5, 0.6) is 0 Å². The molecule has 0 heterocycles. The average Bonchev–Trinajstić information content (AvgIpc) is 2.56. The molecule has 0 unspecified atom stereocenters. The maximum atomic E-state index is 3.98. The molecule has 0 aliphatic carbocycles. The van der Waals surface area contributed by atoms with Crippen molar-refractivity contribution < 1.29 is 0 Å². The highest BCUT2D eigenvalue weighted by molar-refractivity contribution is 7.87. The molecule has 1 nitrogen and oxygen atoms in total. The van der Waals surface area contributed by atoms with Gasteiger partial charge in [0.05, 0.1) is 6.16 Å². The molecule has 0 aliphatic heterocycles. The van der Waals surface area contributed by atoms with E-state index in [4.69, 9.17) is 0 Å². The standard InChI is InChI=1S/C19H27NP/c1-3-5-16-20-21(17-4-2,18-12-8-6-9-13-18)19-14-10-7-11-15-19/h6-15,20H,3-5,16-17H2,1-2H3/q+1. The minimum absolute atomic E-state index is 1.11. The third-order valence-corrected chi connectivity index (χ3v) is 8.11. The van der Waals surface area contributed by atoms with Crippen LogP contribution >= 0.6 is 7.41 Å². The van der Waals surface area contributed by atoms with E-state index in [0.29, 0.717) is 0 Å². The average molecular weight is 300 g/mol. The summed E-state index contributed by atoms with van der Waals surface area (Å²) in [6, 6.07) is 22.1. The molecule has 2 aromatic carbocycles. The number of hydrogen-bond acceptors (Lipinski definition) is 1. The van der Waals surface area contributed by atoms with Gasteiger partial charge in [0.25, 0.3) is 0 Å². The Balaban J connectivity index is 2.44. The zero-order valence-electron chi connectivity index (χ0n) is 13.3. The van der Waals surface area contributed by atoms with Gasteiger partial charge in [0.1, 0.15) is 18.0 Å². The first kappa shape index (κ1) is 16.2. The molecule has 112 valence electrons. The lowest BCUT2D eigenvalue weighted by molar-refractivity contribution is 0.767. The number of nitrogens with one attached hydrogen (secondary N) is 1. The molecule has 2 rings (SSSR count). The smallest absolute Gasteiger partial charge is 0.145 e. The highest BCUT2D eigenvalue weighted by atomic mass is 31.2. The first-order chi connectivity index (χ1) is 10.3. The van der Waals surface area contributed by atoms with Gasteiger partial charge in [0.15, 0.2) is 0 Å². The van der Waals surface area contributed by atoms with Gasteiger partial charge in [-0.15, -0.1) is 0 Å². The number of unbranched alkanes of at least 4 members (excludes halogenated alkanes) is 1. The summed E-state index contributed by atoms with van der Waals surface area (Å²) < 4.78 is 0. The number of rotatable bonds is 8. The SMILES string of the molecule is CCCCN[P+](CCC)(c1ccccc1)c1ccccc1. The molecule has 0 spiro atoms. The second-order valence-corrected chi connectivity index (χ2v) is 8.88. The maximum absolute atomic E-state index is 3.98. The molecule has 0 fully saturated rings. The Morgan fingerprint density at radius 2 is 1.29 bits per heavy atom. The summed E-state index contributed by atoms with van der Waals surface area (Å²) in [5, 5.41) is 6.94. The fourth-order valence-corrected chi connectivity index (χ4v) is 6.73. The number of hydrogen-bond donors (Lipinski definition) is 1. The van der Waals surface area contributed by atoms with Crippen LogP contribution in [0.1, 0.15) is 33.1 Å². The van der Waals surface area contributed by atoms with E-state index in [0.717, 1.165) is 6.54 Å². The van der Waals surface area contributed by atoms with E-state index in [1.54, 1.807) is 0 Å². The monoisotopic (exact) mass is 300 g/mol. The van der Waals surface area contributed by atoms with Crippen molar-refractivity contribution in [1.82, 2.24) is 5.09 Å². The van der Waals surface area contributed by atoms with Gasteiger partial charge in [-0.05, 0) is 37.1 Å². The van der Waals surface area contributed by atoms with Crippen LogP contribution in [-0.4, -0.2) is 12.7 Å². The predicted molar refractivity (Wildman–Crippen MR) is 97.1 cm³/mol. The van der Waals surface area contributed by atoms with Crippen LogP contribution in [0.2, 0.25) is 0 Å². The lowest BCUT2D eigenvalue weighted by atomic mass is 10.3. The van der Waals surface area contributed by atoms with Gasteiger partial charge in [0.2, 0.25) is 0 Å². The highest BCUT2D eigenvalue weighted by Crippen LogP contribution is 2.52. The molecule has 0 radical (unpaired) electrons. The van der Waals surface area contributed by atoms with Gasteiger partial charge in [0, 0.05) is 6.54 Å². The molecule has 1 N–H and O–H groups in total. The molecule has 0 saturated heterocycles. The van der Waals surface area contributed by atoms with Gasteiger partial charge < -0.3 is 0 Å². The van der Waals surface area contributed by atoms with Crippen LogP contribution in [0.3, 0.4) is 0 Å². The van der Waals surface area contributed by atoms with E-state index in [9.17, 15) is 0 Å². The van der Waals surface area contributed by atoms with Crippen molar-refractivity contribution in [1.29, 1.82) is 0 Å². The van der Waals surface area contributed by atoms with E-state index < -0.39 is 7.41 Å². The third-order valence-electron chi connectivity index (χ3n) is 3.87. The Bertz CT molecular complexity index is 470.